The van der Waals surface area contributed by atoms with E-state index in [1.165, 1.54) is 68.6 Å². The molecule has 14 atom stereocenters. The zero-order valence-electron chi connectivity index (χ0n) is 61.6. The van der Waals surface area contributed by atoms with Crippen LogP contribution in [0.5, 0.6) is 46.0 Å². The fourth-order valence-electron chi connectivity index (χ4n) is 16.5. The number of carbonyl (C=O) groups is 9. The number of carbonyl (C=O) groups excluding carboxylic acids is 9. The van der Waals surface area contributed by atoms with Gasteiger partial charge < -0.3 is 113 Å². The number of likely N-dealkylation sites (N-methyl/N-ethyl adjacent to an activating group) is 1. The molecule has 0 aromatic heterocycles. The predicted molar refractivity (Wildman–Crippen MR) is 396 cm³/mol. The number of aromatic hydroxyl groups is 3. The second kappa shape index (κ2) is 32.9. The fourth-order valence-corrected chi connectivity index (χ4v) is 16.7. The van der Waals surface area contributed by atoms with E-state index in [0.29, 0.717) is 17.4 Å². The van der Waals surface area contributed by atoms with Crippen molar-refractivity contribution in [1.82, 2.24) is 42.1 Å². The average molecular weight is 1600 g/mol. The molecule has 0 unspecified atom stereocenters. The Hall–Kier alpha value is -11.4. The van der Waals surface area contributed by atoms with Crippen molar-refractivity contribution in [2.75, 3.05) is 13.7 Å². The van der Waals surface area contributed by atoms with Gasteiger partial charge >= 0.3 is 6.09 Å². The van der Waals surface area contributed by atoms with E-state index in [4.69, 9.17) is 41.0 Å². The van der Waals surface area contributed by atoms with Gasteiger partial charge in [0.15, 0.2) is 11.5 Å². The smallest absolute Gasteiger partial charge is 0.410 e. The van der Waals surface area contributed by atoms with Crippen molar-refractivity contribution >= 4 is 70.6 Å². The maximum Gasteiger partial charge on any atom is 0.410 e. The average Bonchev–Trinajstić information content (AvgIpc) is 0.758. The summed E-state index contributed by atoms with van der Waals surface area (Å²) in [5.74, 6) is -13.8. The van der Waals surface area contributed by atoms with E-state index in [9.17, 15) is 70.5 Å². The minimum Gasteiger partial charge on any atom is -0.508 e. The molecule has 1 saturated heterocycles. The summed E-state index contributed by atoms with van der Waals surface area (Å²) in [5, 5.41) is 134. The van der Waals surface area contributed by atoms with Crippen LogP contribution in [-0.2, 0) is 54.4 Å². The second-order valence-corrected chi connectivity index (χ2v) is 30.8. The maximum atomic E-state index is 16.2. The van der Waals surface area contributed by atoms with E-state index in [1.807, 2.05) is 0 Å². The van der Waals surface area contributed by atoms with Gasteiger partial charge in [-0.15, -0.1) is 0 Å². The number of nitro benzene ring substituents is 1. The Labute approximate surface area is 654 Å². The van der Waals surface area contributed by atoms with E-state index < -0.39 is 208 Å². The van der Waals surface area contributed by atoms with E-state index in [0.717, 1.165) is 85.5 Å². The molecular weight excluding hydrogens is 1510 g/mol. The Morgan fingerprint density at radius 2 is 1.30 bits per heavy atom. The van der Waals surface area contributed by atoms with Crippen molar-refractivity contribution in [3.8, 4) is 57.1 Å². The van der Waals surface area contributed by atoms with E-state index in [-0.39, 0.29) is 86.3 Å². The van der Waals surface area contributed by atoms with Crippen LogP contribution in [0.1, 0.15) is 128 Å². The number of aliphatic hydroxyl groups excluding tert-OH is 6. The van der Waals surface area contributed by atoms with Crippen molar-refractivity contribution in [3.05, 3.63) is 157 Å². The van der Waals surface area contributed by atoms with Gasteiger partial charge in [0.2, 0.25) is 59.3 Å². The molecule has 604 valence electrons. The summed E-state index contributed by atoms with van der Waals surface area (Å²) in [7, 11) is 1.21. The number of fused-ring (bicyclic) bond motifs is 15. The molecule has 18 N–H and O–H groups in total. The van der Waals surface area contributed by atoms with E-state index >= 15 is 28.8 Å². The molecule has 35 nitrogen and oxygen atoms in total. The van der Waals surface area contributed by atoms with Crippen LogP contribution in [0.2, 0.25) is 5.02 Å². The second-order valence-electron chi connectivity index (χ2n) is 30.4. The molecule has 6 aliphatic heterocycles. The molecule has 15 bridgehead atoms. The summed E-state index contributed by atoms with van der Waals surface area (Å²) in [6.45, 7) is 3.49. The molecule has 4 aliphatic carbocycles. The number of hydrogen-bond acceptors (Lipinski definition) is 25. The summed E-state index contributed by atoms with van der Waals surface area (Å²) in [5.41, 5.74) is 3.89. The monoisotopic (exact) mass is 1600 g/mol. The highest BCUT2D eigenvalue weighted by molar-refractivity contribution is 6.32. The first kappa shape index (κ1) is 80.6. The highest BCUT2D eigenvalue weighted by atomic mass is 35.5. The number of non-ortho nitro benzene ring substituents is 1. The van der Waals surface area contributed by atoms with Gasteiger partial charge in [0.25, 0.3) is 5.69 Å². The van der Waals surface area contributed by atoms with Crippen molar-refractivity contribution < 1.29 is 118 Å². The van der Waals surface area contributed by atoms with Crippen LogP contribution in [0.4, 0.5) is 10.5 Å². The lowest BCUT2D eigenvalue weighted by Crippen LogP contribution is -2.60. The number of benzene rings is 6. The lowest BCUT2D eigenvalue weighted by atomic mass is 9.54. The number of ether oxygens (including phenoxy) is 5. The van der Waals surface area contributed by atoms with Crippen LogP contribution in [-0.4, -0.2) is 184 Å². The maximum absolute atomic E-state index is 16.2. The SMILES string of the molecule is Cc1cc2ccc1Oc1cc3cc(c1O[C@@H]1O[C@H](CO)[C@@H](O)[C@H](O)[C@H]1O)Oc1ccc(cc1Cl)[C@@H](O)[C@@H]1NC(=O)[C@H](NC(=O)[C@@H]3NC(=O)[C@H](CC(N)=O)NC(=O)[C@H](NC(=O)[C@@H](CC(C)C)N(C)C(=O)OCc3ccc([N+](=O)[O-])cc3)[C@@H]2O)c2ccc(O)c(c2)-c2c(O)cc(O)cc2[C@@H](C(=O)NC2C3CC4CC(C3)CC2C4)NC1=O. The number of phenols is 3. The Morgan fingerprint density at radius 1 is 0.675 bits per heavy atom. The third kappa shape index (κ3) is 16.7. The van der Waals surface area contributed by atoms with Crippen LogP contribution < -0.4 is 57.2 Å². The van der Waals surface area contributed by atoms with Crippen LogP contribution in [0, 0.1) is 46.6 Å². The molecular formula is C78H85ClN10O25. The zero-order chi connectivity index (χ0) is 81.7. The van der Waals surface area contributed by atoms with Gasteiger partial charge in [0.1, 0.15) is 114 Å². The van der Waals surface area contributed by atoms with Gasteiger partial charge in [-0.05, 0) is 181 Å². The first-order valence-electron chi connectivity index (χ1n) is 36.9. The molecule has 114 heavy (non-hydrogen) atoms. The number of nitrogens with two attached hydrogens (primary N) is 1. The van der Waals surface area contributed by atoms with Crippen molar-refractivity contribution in [2.45, 2.75) is 164 Å². The summed E-state index contributed by atoms with van der Waals surface area (Å²) in [6.07, 6.45) is -12.1. The summed E-state index contributed by atoms with van der Waals surface area (Å²) < 4.78 is 31.0. The molecule has 4 saturated carbocycles. The molecule has 9 amide bonds. The number of nitro groups is 1. The normalized spacial score (nSPS) is 28.0. The van der Waals surface area contributed by atoms with Gasteiger partial charge in [0.05, 0.1) is 23.0 Å². The van der Waals surface area contributed by atoms with Crippen molar-refractivity contribution in [2.24, 2.45) is 35.3 Å². The molecule has 0 radical (unpaired) electrons. The number of aryl methyl sites for hydroxylation is 1. The van der Waals surface area contributed by atoms with Gasteiger partial charge in [-0.1, -0.05) is 43.6 Å². The van der Waals surface area contributed by atoms with E-state index in [1.54, 1.807) is 13.8 Å². The number of nitrogens with one attached hydrogen (secondary N) is 7. The Kier molecular flexibility index (Phi) is 23.3. The minimum atomic E-state index is -2.34. The van der Waals surface area contributed by atoms with Gasteiger partial charge in [0, 0.05) is 42.4 Å². The molecule has 36 heteroatoms. The third-order valence-electron chi connectivity index (χ3n) is 22.1. The summed E-state index contributed by atoms with van der Waals surface area (Å²) in [6, 6.07) is 4.84. The number of rotatable bonds is 15. The van der Waals surface area contributed by atoms with Crippen molar-refractivity contribution in [1.29, 1.82) is 0 Å². The molecule has 0 spiro atoms. The molecule has 6 aromatic rings. The Balaban J connectivity index is 0.956. The largest absolute Gasteiger partial charge is 0.508 e. The van der Waals surface area contributed by atoms with Gasteiger partial charge in [-0.2, -0.15) is 0 Å². The summed E-state index contributed by atoms with van der Waals surface area (Å²) in [4.78, 5) is 147. The van der Waals surface area contributed by atoms with Crippen LogP contribution >= 0.6 is 11.6 Å². The molecule has 6 heterocycles. The van der Waals surface area contributed by atoms with Crippen LogP contribution in [0.25, 0.3) is 11.1 Å². The highest BCUT2D eigenvalue weighted by Crippen LogP contribution is 2.55. The number of phenolic OH excluding ortho intramolecular Hbond substituents is 3. The van der Waals surface area contributed by atoms with Gasteiger partial charge in [-0.3, -0.25) is 53.4 Å². The number of aliphatic hydroxyl groups is 6. The molecule has 10 aliphatic rings. The Bertz CT molecular complexity index is 4790. The number of hydrogen-bond donors (Lipinski definition) is 17. The molecule has 6 aromatic carbocycles. The number of nitrogens with zero attached hydrogens (tertiary/aromatic N) is 2. The first-order chi connectivity index (χ1) is 54.2. The lowest BCUT2D eigenvalue weighted by Gasteiger charge is -2.54. The lowest BCUT2D eigenvalue weighted by molar-refractivity contribution is -0.384. The third-order valence-corrected chi connectivity index (χ3v) is 22.4. The fraction of sp³-hybridized carbons (Fsp3) is 0.423. The molecule has 5 fully saturated rings. The number of amides is 9. The van der Waals surface area contributed by atoms with Gasteiger partial charge in [-0.25, -0.2) is 4.79 Å². The Morgan fingerprint density at radius 3 is 1.93 bits per heavy atom. The van der Waals surface area contributed by atoms with Crippen LogP contribution in [0.15, 0.2) is 103 Å². The van der Waals surface area contributed by atoms with Crippen molar-refractivity contribution in [3.63, 3.8) is 0 Å². The number of halogens is 1. The van der Waals surface area contributed by atoms with E-state index in [2.05, 4.69) is 37.2 Å². The zero-order valence-corrected chi connectivity index (χ0v) is 62.4. The quantitative estimate of drug-likeness (QED) is 0.0518. The predicted octanol–water partition coefficient (Wildman–Crippen LogP) is 3.34. The number of primary amides is 1. The highest BCUT2D eigenvalue weighted by Gasteiger charge is 2.51. The topological polar surface area (TPSA) is 538 Å². The van der Waals surface area contributed by atoms with Crippen LogP contribution in [0.3, 0.4) is 0 Å². The summed E-state index contributed by atoms with van der Waals surface area (Å²) >= 11 is 7.13. The minimum absolute atomic E-state index is 0.0658. The standard InChI is InChI=1S/C78H85ClN10O25/c1-31(2)15-48(88(4)78(107)110-30-33-5-10-42(11-6-33)89(108)109)71(101)86-62-64(95)37-8-13-51(32(3)16-37)111-53-24-41-25-54(69(53)114-77-68(99)67(98)66(97)55(29-90)113-77)112-52-14-9-38(23-46(52)79)65(96)63-76(106)85-61(74(104)82-58-39-18-34-17-35(20-39)21-40(58)19-34)45-26-43(91)27-50(93)57(45)44-22-36(7-12-49(44)92)59(72(102)87-63)84-73(103)60(41)83-70(100)47(28-56(80)94)81-75(62)105/h5-14,16,22-27,31,34-35,39-40,47-48,55,58-68,77,90-93,95-99H,15,17-21,28-30H2,1-4H3,(H2,80,94)(H,81,105)(H,82,104)(H,83,100)(H,84,103)(H,85,106)(H,86,101)(H,87,102)/t34?,35?,39?,40?,47-,48+,55+,58?,59+,60+,61-,62+,63-,64+,65+,66+,67-,68+,77-/m0/s1. The first-order valence-corrected chi connectivity index (χ1v) is 37.3. The molecule has 16 rings (SSSR count).